The minimum Gasteiger partial charge on any atom is -0.392 e. The summed E-state index contributed by atoms with van der Waals surface area (Å²) in [5.74, 6) is 0.301. The van der Waals surface area contributed by atoms with Crippen molar-refractivity contribution in [1.82, 2.24) is 4.98 Å². The quantitative estimate of drug-likeness (QED) is 0.811. The lowest BCUT2D eigenvalue weighted by Gasteiger charge is -2.28. The minimum absolute atomic E-state index is 0.178. The fraction of sp³-hybridized carbons (Fsp3) is 0.400. The van der Waals surface area contributed by atoms with Gasteiger partial charge in [-0.15, -0.1) is 0 Å². The summed E-state index contributed by atoms with van der Waals surface area (Å²) in [5, 5.41) is 12.6. The smallest absolute Gasteiger partial charge is 0.0608 e. The molecule has 0 saturated heterocycles. The van der Waals surface area contributed by atoms with Crippen LogP contribution >= 0.6 is 0 Å². The summed E-state index contributed by atoms with van der Waals surface area (Å²) in [6.45, 7) is 0. The van der Waals surface area contributed by atoms with Crippen LogP contribution in [-0.4, -0.2) is 16.2 Å². The Balaban J connectivity index is 2.10. The number of nitrogens with zero attached hydrogens (tertiary/aromatic N) is 1. The first-order chi connectivity index (χ1) is 8.36. The van der Waals surface area contributed by atoms with Gasteiger partial charge in [0.05, 0.1) is 6.10 Å². The van der Waals surface area contributed by atoms with E-state index >= 15 is 0 Å². The Kier molecular flexibility index (Phi) is 2.81. The summed E-state index contributed by atoms with van der Waals surface area (Å²) in [4.78, 5) is 4.16. The first kappa shape index (κ1) is 10.7. The third-order valence-electron chi connectivity index (χ3n) is 3.84. The highest BCUT2D eigenvalue weighted by molar-refractivity contribution is 5.85. The van der Waals surface area contributed by atoms with Crippen LogP contribution in [0.2, 0.25) is 0 Å². The maximum Gasteiger partial charge on any atom is 0.0608 e. The number of rotatable bonds is 1. The standard InChI is InChI=1S/C15H17NO/c17-15-7-2-1-5-14(15)13-6-3-4-11-10-16-9-8-12(11)13/h3-4,6,8-10,14-15,17H,1-2,5,7H2. The number of fused-ring (bicyclic) bond motifs is 1. The molecule has 1 aliphatic carbocycles. The molecule has 0 spiro atoms. The molecule has 1 aliphatic rings. The lowest BCUT2D eigenvalue weighted by atomic mass is 9.80. The number of benzene rings is 1. The molecule has 1 saturated carbocycles. The normalized spacial score (nSPS) is 25.0. The monoisotopic (exact) mass is 227 g/mol. The van der Waals surface area contributed by atoms with Gasteiger partial charge in [-0.2, -0.15) is 0 Å². The molecular weight excluding hydrogens is 210 g/mol. The fourth-order valence-electron chi connectivity index (χ4n) is 2.95. The summed E-state index contributed by atoms with van der Waals surface area (Å²) < 4.78 is 0. The van der Waals surface area contributed by atoms with E-state index in [0.29, 0.717) is 5.92 Å². The molecule has 0 amide bonds. The van der Waals surface area contributed by atoms with E-state index in [9.17, 15) is 5.11 Å². The Labute approximate surface area is 101 Å². The molecule has 17 heavy (non-hydrogen) atoms. The highest BCUT2D eigenvalue weighted by atomic mass is 16.3. The largest absolute Gasteiger partial charge is 0.392 e. The molecule has 0 bridgehead atoms. The van der Waals surface area contributed by atoms with Crippen molar-refractivity contribution in [2.24, 2.45) is 0 Å². The van der Waals surface area contributed by atoms with Crippen molar-refractivity contribution < 1.29 is 5.11 Å². The predicted molar refractivity (Wildman–Crippen MR) is 69.0 cm³/mol. The van der Waals surface area contributed by atoms with E-state index in [4.69, 9.17) is 0 Å². The van der Waals surface area contributed by atoms with E-state index in [1.54, 1.807) is 0 Å². The molecule has 2 unspecified atom stereocenters. The molecular formula is C15H17NO. The van der Waals surface area contributed by atoms with Crippen molar-refractivity contribution in [2.45, 2.75) is 37.7 Å². The van der Waals surface area contributed by atoms with Crippen LogP contribution in [0.5, 0.6) is 0 Å². The molecule has 1 N–H and O–H groups in total. The van der Waals surface area contributed by atoms with Crippen LogP contribution in [0.4, 0.5) is 0 Å². The molecule has 1 heterocycles. The highest BCUT2D eigenvalue weighted by Crippen LogP contribution is 2.36. The van der Waals surface area contributed by atoms with Crippen LogP contribution in [-0.2, 0) is 0 Å². The Morgan fingerprint density at radius 3 is 2.88 bits per heavy atom. The van der Waals surface area contributed by atoms with Crippen molar-refractivity contribution in [3.63, 3.8) is 0 Å². The van der Waals surface area contributed by atoms with Crippen LogP contribution in [0.3, 0.4) is 0 Å². The Morgan fingerprint density at radius 1 is 1.12 bits per heavy atom. The second-order valence-corrected chi connectivity index (χ2v) is 4.90. The summed E-state index contributed by atoms with van der Waals surface area (Å²) in [5.41, 5.74) is 1.29. The second kappa shape index (κ2) is 4.46. The van der Waals surface area contributed by atoms with Gasteiger partial charge in [-0.1, -0.05) is 31.0 Å². The average Bonchev–Trinajstić information content (AvgIpc) is 2.39. The van der Waals surface area contributed by atoms with Crippen molar-refractivity contribution in [3.05, 3.63) is 42.2 Å². The van der Waals surface area contributed by atoms with Gasteiger partial charge in [-0.25, -0.2) is 0 Å². The molecule has 1 aromatic carbocycles. The van der Waals surface area contributed by atoms with Crippen LogP contribution in [0, 0.1) is 0 Å². The molecule has 2 heteroatoms. The van der Waals surface area contributed by atoms with Crippen molar-refractivity contribution in [2.75, 3.05) is 0 Å². The van der Waals surface area contributed by atoms with Crippen molar-refractivity contribution >= 4 is 10.8 Å². The number of hydrogen-bond acceptors (Lipinski definition) is 2. The van der Waals surface area contributed by atoms with Crippen molar-refractivity contribution in [3.8, 4) is 0 Å². The molecule has 88 valence electrons. The number of hydrogen-bond donors (Lipinski definition) is 1. The van der Waals surface area contributed by atoms with Gasteiger partial charge >= 0.3 is 0 Å². The molecule has 2 atom stereocenters. The summed E-state index contributed by atoms with van der Waals surface area (Å²) in [6, 6.07) is 8.37. The number of aliphatic hydroxyl groups is 1. The van der Waals surface area contributed by atoms with Gasteiger partial charge in [-0.3, -0.25) is 4.98 Å². The maximum atomic E-state index is 10.2. The number of pyridine rings is 1. The third-order valence-corrected chi connectivity index (χ3v) is 3.84. The average molecular weight is 227 g/mol. The van der Waals surface area contributed by atoms with Crippen LogP contribution in [0.15, 0.2) is 36.7 Å². The molecule has 2 nitrogen and oxygen atoms in total. The zero-order valence-electron chi connectivity index (χ0n) is 9.84. The number of aliphatic hydroxyl groups excluding tert-OH is 1. The van der Waals surface area contributed by atoms with E-state index in [1.165, 1.54) is 22.8 Å². The van der Waals surface area contributed by atoms with E-state index in [1.807, 2.05) is 12.4 Å². The van der Waals surface area contributed by atoms with Gasteiger partial charge in [0.2, 0.25) is 0 Å². The lowest BCUT2D eigenvalue weighted by molar-refractivity contribution is 0.107. The lowest BCUT2D eigenvalue weighted by Crippen LogP contribution is -2.22. The highest BCUT2D eigenvalue weighted by Gasteiger charge is 2.25. The van der Waals surface area contributed by atoms with Gasteiger partial charge in [0.25, 0.3) is 0 Å². The summed E-state index contributed by atoms with van der Waals surface area (Å²) >= 11 is 0. The molecule has 3 rings (SSSR count). The Morgan fingerprint density at radius 2 is 2.00 bits per heavy atom. The molecule has 1 fully saturated rings. The van der Waals surface area contributed by atoms with Crippen LogP contribution in [0.25, 0.3) is 10.8 Å². The van der Waals surface area contributed by atoms with E-state index in [2.05, 4.69) is 29.2 Å². The predicted octanol–water partition coefficient (Wildman–Crippen LogP) is 3.25. The fourth-order valence-corrected chi connectivity index (χ4v) is 2.95. The van der Waals surface area contributed by atoms with Gasteiger partial charge < -0.3 is 5.11 Å². The molecule has 0 aliphatic heterocycles. The zero-order valence-corrected chi connectivity index (χ0v) is 9.84. The first-order valence-electron chi connectivity index (χ1n) is 6.37. The Bertz CT molecular complexity index is 518. The molecule has 0 radical (unpaired) electrons. The van der Waals surface area contributed by atoms with Gasteiger partial charge in [0.1, 0.15) is 0 Å². The SMILES string of the molecule is OC1CCCCC1c1cccc2cnccc12. The third kappa shape index (κ3) is 1.93. The molecule has 2 aromatic rings. The topological polar surface area (TPSA) is 33.1 Å². The van der Waals surface area contributed by atoms with E-state index in [-0.39, 0.29) is 6.10 Å². The number of aromatic nitrogens is 1. The Hall–Kier alpha value is -1.41. The van der Waals surface area contributed by atoms with Gasteiger partial charge in [-0.05, 0) is 29.9 Å². The molecule has 1 aromatic heterocycles. The van der Waals surface area contributed by atoms with Crippen LogP contribution < -0.4 is 0 Å². The second-order valence-electron chi connectivity index (χ2n) is 4.90. The minimum atomic E-state index is -0.178. The van der Waals surface area contributed by atoms with Gasteiger partial charge in [0, 0.05) is 23.7 Å². The van der Waals surface area contributed by atoms with Crippen LogP contribution in [0.1, 0.15) is 37.2 Å². The summed E-state index contributed by atoms with van der Waals surface area (Å²) in [6.07, 6.45) is 7.97. The van der Waals surface area contributed by atoms with E-state index in [0.717, 1.165) is 19.3 Å². The van der Waals surface area contributed by atoms with Gasteiger partial charge in [0.15, 0.2) is 0 Å². The first-order valence-corrected chi connectivity index (χ1v) is 6.37. The van der Waals surface area contributed by atoms with Crippen molar-refractivity contribution in [1.29, 1.82) is 0 Å². The van der Waals surface area contributed by atoms with E-state index < -0.39 is 0 Å². The summed E-state index contributed by atoms with van der Waals surface area (Å²) in [7, 11) is 0. The zero-order chi connectivity index (χ0) is 11.7. The maximum absolute atomic E-state index is 10.2.